The molecule has 1 fully saturated rings. The van der Waals surface area contributed by atoms with Crippen molar-refractivity contribution in [3.05, 3.63) is 28.0 Å². The number of hydrogen-bond acceptors (Lipinski definition) is 3. The minimum atomic E-state index is -0.778. The summed E-state index contributed by atoms with van der Waals surface area (Å²) in [5, 5.41) is 9.95. The third kappa shape index (κ3) is 2.14. The molecule has 1 aliphatic heterocycles. The van der Waals surface area contributed by atoms with Crippen molar-refractivity contribution in [2.75, 3.05) is 13.1 Å². The van der Waals surface area contributed by atoms with E-state index in [0.717, 1.165) is 0 Å². The number of carbonyl (C=O) groups excluding carboxylic acids is 1. The van der Waals surface area contributed by atoms with E-state index in [1.165, 1.54) is 17.2 Å². The second-order valence-electron chi connectivity index (χ2n) is 4.15. The normalized spacial score (nSPS) is 18.1. The van der Waals surface area contributed by atoms with Gasteiger partial charge in [0.1, 0.15) is 5.15 Å². The Morgan fingerprint density at radius 3 is 2.69 bits per heavy atom. The van der Waals surface area contributed by atoms with E-state index in [4.69, 9.17) is 23.2 Å². The summed E-state index contributed by atoms with van der Waals surface area (Å²) in [6, 6.07) is 1.48. The predicted octanol–water partition coefficient (Wildman–Crippen LogP) is 1.60. The summed E-state index contributed by atoms with van der Waals surface area (Å²) in [6.07, 6.45) is 1.38. The van der Waals surface area contributed by atoms with E-state index in [1.807, 2.05) is 0 Å². The molecule has 1 saturated heterocycles. The molecule has 4 nitrogen and oxygen atoms in total. The molecular weight excluding hydrogens is 251 g/mol. The first-order chi connectivity index (χ1) is 7.39. The lowest BCUT2D eigenvalue weighted by molar-refractivity contribution is -0.0668. The Hall–Kier alpha value is -0.840. The van der Waals surface area contributed by atoms with Crippen LogP contribution in [0.25, 0.3) is 0 Å². The van der Waals surface area contributed by atoms with Crippen LogP contribution in [-0.4, -0.2) is 39.6 Å². The SMILES string of the molecule is CC1(O)CN(C(=O)c2cnc(Cl)c(Cl)c2)C1. The average Bonchev–Trinajstić information content (AvgIpc) is 2.17. The van der Waals surface area contributed by atoms with Crippen LogP contribution in [0.1, 0.15) is 17.3 Å². The van der Waals surface area contributed by atoms with Crippen molar-refractivity contribution in [3.63, 3.8) is 0 Å². The molecule has 0 bridgehead atoms. The van der Waals surface area contributed by atoms with Gasteiger partial charge in [-0.05, 0) is 13.0 Å². The zero-order valence-electron chi connectivity index (χ0n) is 8.57. The van der Waals surface area contributed by atoms with Gasteiger partial charge in [0.2, 0.25) is 0 Å². The molecule has 1 N–H and O–H groups in total. The molecule has 2 rings (SSSR count). The summed E-state index contributed by atoms with van der Waals surface area (Å²) >= 11 is 11.4. The van der Waals surface area contributed by atoms with Crippen molar-refractivity contribution in [3.8, 4) is 0 Å². The molecule has 16 heavy (non-hydrogen) atoms. The maximum absolute atomic E-state index is 11.9. The van der Waals surface area contributed by atoms with Gasteiger partial charge in [-0.15, -0.1) is 0 Å². The lowest BCUT2D eigenvalue weighted by atomic mass is 9.96. The van der Waals surface area contributed by atoms with Crippen LogP contribution in [0.5, 0.6) is 0 Å². The van der Waals surface area contributed by atoms with E-state index in [2.05, 4.69) is 4.98 Å². The van der Waals surface area contributed by atoms with E-state index >= 15 is 0 Å². The zero-order valence-corrected chi connectivity index (χ0v) is 10.1. The molecule has 0 saturated carbocycles. The first kappa shape index (κ1) is 11.6. The maximum atomic E-state index is 11.9. The summed E-state index contributed by atoms with van der Waals surface area (Å²) in [7, 11) is 0. The fraction of sp³-hybridized carbons (Fsp3) is 0.400. The number of halogens is 2. The molecule has 0 atom stereocenters. The standard InChI is InChI=1S/C10H10Cl2N2O2/c1-10(16)4-14(5-10)9(15)6-2-7(11)8(12)13-3-6/h2-3,16H,4-5H2,1H3. The summed E-state index contributed by atoms with van der Waals surface area (Å²) < 4.78 is 0. The second-order valence-corrected chi connectivity index (χ2v) is 4.92. The van der Waals surface area contributed by atoms with E-state index in [0.29, 0.717) is 18.7 Å². The van der Waals surface area contributed by atoms with Crippen molar-refractivity contribution in [2.45, 2.75) is 12.5 Å². The van der Waals surface area contributed by atoms with Gasteiger partial charge in [-0.1, -0.05) is 23.2 Å². The number of pyridine rings is 1. The molecule has 0 unspecified atom stereocenters. The van der Waals surface area contributed by atoms with Crippen LogP contribution < -0.4 is 0 Å². The molecule has 0 spiro atoms. The van der Waals surface area contributed by atoms with Crippen LogP contribution in [0.2, 0.25) is 10.2 Å². The average molecular weight is 261 g/mol. The molecule has 0 radical (unpaired) electrons. The fourth-order valence-corrected chi connectivity index (χ4v) is 1.91. The van der Waals surface area contributed by atoms with E-state index in [-0.39, 0.29) is 16.1 Å². The van der Waals surface area contributed by atoms with Gasteiger partial charge in [-0.2, -0.15) is 0 Å². The number of likely N-dealkylation sites (tertiary alicyclic amines) is 1. The third-order valence-corrected chi connectivity index (χ3v) is 3.08. The summed E-state index contributed by atoms with van der Waals surface area (Å²) in [6.45, 7) is 2.34. The molecule has 0 aromatic carbocycles. The van der Waals surface area contributed by atoms with Crippen molar-refractivity contribution in [1.82, 2.24) is 9.88 Å². The smallest absolute Gasteiger partial charge is 0.255 e. The van der Waals surface area contributed by atoms with Crippen LogP contribution in [-0.2, 0) is 0 Å². The number of rotatable bonds is 1. The highest BCUT2D eigenvalue weighted by atomic mass is 35.5. The Labute approximate surface area is 103 Å². The molecule has 1 aromatic heterocycles. The minimum absolute atomic E-state index is 0.175. The summed E-state index contributed by atoms with van der Waals surface area (Å²) in [5.41, 5.74) is -0.399. The summed E-state index contributed by atoms with van der Waals surface area (Å²) in [4.78, 5) is 17.2. The largest absolute Gasteiger partial charge is 0.386 e. The van der Waals surface area contributed by atoms with Crippen molar-refractivity contribution >= 4 is 29.1 Å². The highest BCUT2D eigenvalue weighted by Gasteiger charge is 2.39. The molecule has 86 valence electrons. The number of hydrogen-bond donors (Lipinski definition) is 1. The van der Waals surface area contributed by atoms with Gasteiger partial charge >= 0.3 is 0 Å². The number of β-amino-alcohol motifs (C(OH)–C–C–N with tert-alkyl or cyclic N) is 1. The van der Waals surface area contributed by atoms with Gasteiger partial charge in [0.15, 0.2) is 0 Å². The van der Waals surface area contributed by atoms with Gasteiger partial charge in [0.25, 0.3) is 5.91 Å². The maximum Gasteiger partial charge on any atom is 0.255 e. The second kappa shape index (κ2) is 3.87. The Kier molecular flexibility index (Phi) is 2.82. The molecule has 1 aliphatic rings. The number of carbonyl (C=O) groups is 1. The lowest BCUT2D eigenvalue weighted by Crippen LogP contribution is -2.61. The molecule has 1 amide bonds. The highest BCUT2D eigenvalue weighted by Crippen LogP contribution is 2.24. The predicted molar refractivity (Wildman–Crippen MR) is 60.8 cm³/mol. The monoisotopic (exact) mass is 260 g/mol. The Bertz CT molecular complexity index is 440. The van der Waals surface area contributed by atoms with Crippen molar-refractivity contribution in [2.24, 2.45) is 0 Å². The lowest BCUT2D eigenvalue weighted by Gasteiger charge is -2.44. The molecule has 1 aromatic rings. The highest BCUT2D eigenvalue weighted by molar-refractivity contribution is 6.41. The van der Waals surface area contributed by atoms with E-state index in [1.54, 1.807) is 6.92 Å². The molecule has 2 heterocycles. The Morgan fingerprint density at radius 2 is 2.19 bits per heavy atom. The van der Waals surface area contributed by atoms with Crippen LogP contribution in [0.3, 0.4) is 0 Å². The van der Waals surface area contributed by atoms with E-state index < -0.39 is 5.60 Å². The van der Waals surface area contributed by atoms with Crippen LogP contribution >= 0.6 is 23.2 Å². The van der Waals surface area contributed by atoms with Crippen LogP contribution in [0.4, 0.5) is 0 Å². The first-order valence-electron chi connectivity index (χ1n) is 4.72. The topological polar surface area (TPSA) is 53.4 Å². The number of nitrogens with zero attached hydrogens (tertiary/aromatic N) is 2. The van der Waals surface area contributed by atoms with Gasteiger partial charge < -0.3 is 10.0 Å². The number of aliphatic hydroxyl groups is 1. The number of amides is 1. The van der Waals surface area contributed by atoms with Crippen LogP contribution in [0.15, 0.2) is 12.3 Å². The first-order valence-corrected chi connectivity index (χ1v) is 5.47. The number of aromatic nitrogens is 1. The minimum Gasteiger partial charge on any atom is -0.386 e. The molecule has 6 heteroatoms. The van der Waals surface area contributed by atoms with Crippen molar-refractivity contribution in [1.29, 1.82) is 0 Å². The van der Waals surface area contributed by atoms with Crippen molar-refractivity contribution < 1.29 is 9.90 Å². The van der Waals surface area contributed by atoms with E-state index in [9.17, 15) is 9.90 Å². The Balaban J connectivity index is 2.13. The molecule has 0 aliphatic carbocycles. The quantitative estimate of drug-likeness (QED) is 0.781. The Morgan fingerprint density at radius 1 is 1.56 bits per heavy atom. The van der Waals surface area contributed by atoms with Gasteiger partial charge in [-0.3, -0.25) is 4.79 Å². The summed E-state index contributed by atoms with van der Waals surface area (Å²) in [5.74, 6) is -0.197. The zero-order chi connectivity index (χ0) is 11.9. The third-order valence-electron chi connectivity index (χ3n) is 2.39. The van der Waals surface area contributed by atoms with Gasteiger partial charge in [0.05, 0.1) is 29.3 Å². The fourth-order valence-electron chi connectivity index (χ4n) is 1.64. The molecular formula is C10H10Cl2N2O2. The van der Waals surface area contributed by atoms with Gasteiger partial charge in [0, 0.05) is 6.20 Å². The van der Waals surface area contributed by atoms with Crippen LogP contribution in [0, 0.1) is 0 Å². The van der Waals surface area contributed by atoms with Gasteiger partial charge in [-0.25, -0.2) is 4.98 Å².